The van der Waals surface area contributed by atoms with Crippen LogP contribution in [0.1, 0.15) is 24.3 Å². The molecule has 0 unspecified atom stereocenters. The number of carbonyl (C=O) groups excluding carboxylic acids is 2. The van der Waals surface area contributed by atoms with Crippen LogP contribution in [-0.2, 0) is 4.79 Å². The van der Waals surface area contributed by atoms with E-state index in [-0.39, 0.29) is 10.7 Å². The first-order chi connectivity index (χ1) is 8.45. The van der Waals surface area contributed by atoms with E-state index in [2.05, 4.69) is 10.3 Å². The van der Waals surface area contributed by atoms with Gasteiger partial charge in [0.25, 0.3) is 5.91 Å². The van der Waals surface area contributed by atoms with Crippen LogP contribution in [0.2, 0.25) is 5.02 Å². The Hall–Kier alpha value is -1.82. The van der Waals surface area contributed by atoms with Crippen molar-refractivity contribution in [2.75, 3.05) is 6.61 Å². The van der Waals surface area contributed by atoms with Gasteiger partial charge in [0, 0.05) is 6.07 Å². The van der Waals surface area contributed by atoms with E-state index in [4.69, 9.17) is 22.1 Å². The smallest absolute Gasteiger partial charge is 0.272 e. The third-order valence-electron chi connectivity index (χ3n) is 2.10. The van der Waals surface area contributed by atoms with Gasteiger partial charge < -0.3 is 15.8 Å². The molecule has 0 spiro atoms. The second-order valence-electron chi connectivity index (χ2n) is 3.51. The van der Waals surface area contributed by atoms with Crippen molar-refractivity contribution in [2.24, 2.45) is 5.73 Å². The minimum atomic E-state index is -0.800. The summed E-state index contributed by atoms with van der Waals surface area (Å²) in [6.07, 6.45) is 0. The van der Waals surface area contributed by atoms with Crippen molar-refractivity contribution in [3.8, 4) is 5.88 Å². The number of rotatable bonds is 5. The van der Waals surface area contributed by atoms with Gasteiger partial charge in [-0.2, -0.15) is 0 Å². The highest BCUT2D eigenvalue weighted by molar-refractivity contribution is 6.33. The van der Waals surface area contributed by atoms with Gasteiger partial charge in [-0.05, 0) is 19.9 Å². The summed E-state index contributed by atoms with van der Waals surface area (Å²) in [5, 5.41) is 2.56. The molecule has 0 radical (unpaired) electrons. The molecule has 0 saturated heterocycles. The van der Waals surface area contributed by atoms with Crippen LogP contribution in [0.4, 0.5) is 0 Å². The SMILES string of the molecule is CCOc1ccc(Cl)c(C(=O)N[C@@H](C)C(N)=O)n1. The zero-order valence-corrected chi connectivity index (χ0v) is 10.8. The van der Waals surface area contributed by atoms with Gasteiger partial charge in [-0.3, -0.25) is 9.59 Å². The number of nitrogens with one attached hydrogen (secondary N) is 1. The Labute approximate surface area is 109 Å². The molecule has 0 aliphatic rings. The van der Waals surface area contributed by atoms with Gasteiger partial charge in [0.05, 0.1) is 11.6 Å². The van der Waals surface area contributed by atoms with Crippen LogP contribution < -0.4 is 15.8 Å². The summed E-state index contributed by atoms with van der Waals surface area (Å²) in [4.78, 5) is 26.6. The Morgan fingerprint density at radius 3 is 2.78 bits per heavy atom. The van der Waals surface area contributed by atoms with Crippen molar-refractivity contribution in [3.05, 3.63) is 22.8 Å². The van der Waals surface area contributed by atoms with Crippen LogP contribution in [0.25, 0.3) is 0 Å². The molecule has 7 heteroatoms. The molecule has 3 N–H and O–H groups in total. The Kier molecular flexibility index (Phi) is 4.91. The molecule has 0 fully saturated rings. The van der Waals surface area contributed by atoms with E-state index in [1.54, 1.807) is 13.0 Å². The molecule has 18 heavy (non-hydrogen) atoms. The van der Waals surface area contributed by atoms with Crippen LogP contribution in [0, 0.1) is 0 Å². The van der Waals surface area contributed by atoms with E-state index in [9.17, 15) is 9.59 Å². The number of nitrogens with zero attached hydrogens (tertiary/aromatic N) is 1. The molecule has 0 aliphatic carbocycles. The number of carbonyl (C=O) groups is 2. The third kappa shape index (κ3) is 3.59. The maximum atomic E-state index is 11.8. The molecule has 1 heterocycles. The lowest BCUT2D eigenvalue weighted by Gasteiger charge is -2.11. The number of nitrogens with two attached hydrogens (primary N) is 1. The molecule has 1 aromatic heterocycles. The monoisotopic (exact) mass is 271 g/mol. The van der Waals surface area contributed by atoms with Crippen LogP contribution in [0.3, 0.4) is 0 Å². The van der Waals surface area contributed by atoms with Gasteiger partial charge in [0.1, 0.15) is 6.04 Å². The van der Waals surface area contributed by atoms with Crippen molar-refractivity contribution in [1.29, 1.82) is 0 Å². The quantitative estimate of drug-likeness (QED) is 0.826. The van der Waals surface area contributed by atoms with Gasteiger partial charge in [0.15, 0.2) is 5.69 Å². The molecule has 2 amide bonds. The van der Waals surface area contributed by atoms with Gasteiger partial charge >= 0.3 is 0 Å². The van der Waals surface area contributed by atoms with E-state index in [1.807, 2.05) is 0 Å². The van der Waals surface area contributed by atoms with E-state index in [1.165, 1.54) is 13.0 Å². The minimum absolute atomic E-state index is 0.00397. The largest absolute Gasteiger partial charge is 0.478 e. The standard InChI is InChI=1S/C11H14ClN3O3/c1-3-18-8-5-4-7(12)9(15-8)11(17)14-6(2)10(13)16/h4-6H,3H2,1-2H3,(H2,13,16)(H,14,17)/t6-/m0/s1. The molecular weight excluding hydrogens is 258 g/mol. The molecule has 1 aromatic rings. The molecule has 6 nitrogen and oxygen atoms in total. The third-order valence-corrected chi connectivity index (χ3v) is 2.41. The van der Waals surface area contributed by atoms with E-state index >= 15 is 0 Å². The molecule has 0 saturated carbocycles. The Morgan fingerprint density at radius 2 is 2.22 bits per heavy atom. The molecule has 0 bridgehead atoms. The summed E-state index contributed by atoms with van der Waals surface area (Å²) in [5.41, 5.74) is 5.04. The molecule has 0 aliphatic heterocycles. The number of ether oxygens (including phenoxy) is 1. The van der Waals surface area contributed by atoms with Crippen LogP contribution in [0.15, 0.2) is 12.1 Å². The van der Waals surface area contributed by atoms with Crippen LogP contribution in [0.5, 0.6) is 5.88 Å². The number of amides is 2. The summed E-state index contributed by atoms with van der Waals surface area (Å²) < 4.78 is 5.16. The maximum absolute atomic E-state index is 11.8. The Bertz CT molecular complexity index is 465. The van der Waals surface area contributed by atoms with Crippen molar-refractivity contribution in [1.82, 2.24) is 10.3 Å². The molecule has 0 aromatic carbocycles. The normalized spacial score (nSPS) is 11.7. The minimum Gasteiger partial charge on any atom is -0.478 e. The fourth-order valence-electron chi connectivity index (χ4n) is 1.15. The average Bonchev–Trinajstić information content (AvgIpc) is 2.31. The van der Waals surface area contributed by atoms with Crippen LogP contribution >= 0.6 is 11.6 Å². The lowest BCUT2D eigenvalue weighted by Crippen LogP contribution is -2.42. The molecule has 1 rings (SSSR count). The van der Waals surface area contributed by atoms with Gasteiger partial charge in [-0.25, -0.2) is 4.98 Å². The number of primary amides is 1. The molecule has 98 valence electrons. The van der Waals surface area contributed by atoms with Crippen molar-refractivity contribution in [3.63, 3.8) is 0 Å². The fraction of sp³-hybridized carbons (Fsp3) is 0.364. The zero-order valence-electron chi connectivity index (χ0n) is 10.1. The lowest BCUT2D eigenvalue weighted by molar-refractivity contribution is -0.119. The van der Waals surface area contributed by atoms with Crippen LogP contribution in [-0.4, -0.2) is 29.4 Å². The fourth-order valence-corrected chi connectivity index (χ4v) is 1.34. The lowest BCUT2D eigenvalue weighted by atomic mass is 10.3. The highest BCUT2D eigenvalue weighted by Gasteiger charge is 2.18. The highest BCUT2D eigenvalue weighted by Crippen LogP contribution is 2.18. The topological polar surface area (TPSA) is 94.3 Å². The van der Waals surface area contributed by atoms with Crippen molar-refractivity contribution < 1.29 is 14.3 Å². The van der Waals surface area contributed by atoms with E-state index in [0.717, 1.165) is 0 Å². The highest BCUT2D eigenvalue weighted by atomic mass is 35.5. The number of pyridine rings is 1. The van der Waals surface area contributed by atoms with Crippen molar-refractivity contribution in [2.45, 2.75) is 19.9 Å². The summed E-state index contributed by atoms with van der Waals surface area (Å²) in [5.74, 6) is -0.924. The number of hydrogen-bond donors (Lipinski definition) is 2. The second-order valence-corrected chi connectivity index (χ2v) is 3.92. The van der Waals surface area contributed by atoms with Gasteiger partial charge in [-0.15, -0.1) is 0 Å². The average molecular weight is 272 g/mol. The van der Waals surface area contributed by atoms with E-state index < -0.39 is 17.9 Å². The number of halogens is 1. The first-order valence-electron chi connectivity index (χ1n) is 5.35. The van der Waals surface area contributed by atoms with Crippen molar-refractivity contribution >= 4 is 23.4 Å². The molecular formula is C11H14ClN3O3. The Balaban J connectivity index is 2.90. The summed E-state index contributed by atoms with van der Waals surface area (Å²) in [6, 6.07) is 2.26. The molecule has 1 atom stereocenters. The first kappa shape index (κ1) is 14.2. The summed E-state index contributed by atoms with van der Waals surface area (Å²) in [7, 11) is 0. The predicted molar refractivity (Wildman–Crippen MR) is 66.5 cm³/mol. The maximum Gasteiger partial charge on any atom is 0.272 e. The Morgan fingerprint density at radius 1 is 1.56 bits per heavy atom. The summed E-state index contributed by atoms with van der Waals surface area (Å²) in [6.45, 7) is 3.69. The van der Waals surface area contributed by atoms with Gasteiger partial charge in [-0.1, -0.05) is 11.6 Å². The predicted octanol–water partition coefficient (Wildman–Crippen LogP) is 0.737. The van der Waals surface area contributed by atoms with Gasteiger partial charge in [0.2, 0.25) is 11.8 Å². The summed E-state index contributed by atoms with van der Waals surface area (Å²) >= 11 is 5.86. The number of aromatic nitrogens is 1. The zero-order chi connectivity index (χ0) is 13.7. The number of hydrogen-bond acceptors (Lipinski definition) is 4. The van der Waals surface area contributed by atoms with E-state index in [0.29, 0.717) is 12.5 Å². The first-order valence-corrected chi connectivity index (χ1v) is 5.73. The second kappa shape index (κ2) is 6.20.